The molecule has 0 saturated carbocycles. The lowest BCUT2D eigenvalue weighted by molar-refractivity contribution is 0.242. The van der Waals surface area contributed by atoms with E-state index in [1.54, 1.807) is 0 Å². The van der Waals surface area contributed by atoms with Crippen LogP contribution in [-0.4, -0.2) is 39.7 Å². The number of nitrogens with zero attached hydrogens (tertiary/aromatic N) is 4. The summed E-state index contributed by atoms with van der Waals surface area (Å²) in [5.41, 5.74) is 5.05. The second-order valence-corrected chi connectivity index (χ2v) is 8.30. The van der Waals surface area contributed by atoms with Gasteiger partial charge < -0.3 is 10.0 Å². The number of anilines is 1. The Hall–Kier alpha value is -2.76. The van der Waals surface area contributed by atoms with Crippen LogP contribution in [0.25, 0.3) is 0 Å². The molecule has 31 heavy (non-hydrogen) atoms. The van der Waals surface area contributed by atoms with Gasteiger partial charge in [0.05, 0.1) is 5.69 Å². The molecule has 0 radical (unpaired) electrons. The third-order valence-corrected chi connectivity index (χ3v) is 5.83. The van der Waals surface area contributed by atoms with E-state index < -0.39 is 0 Å². The third-order valence-electron chi connectivity index (χ3n) is 5.83. The van der Waals surface area contributed by atoms with Crippen LogP contribution < -0.4 is 4.90 Å². The largest absolute Gasteiger partial charge is 0.396 e. The number of unbranched alkanes of at least 4 members (excludes halogenated alkanes) is 1. The van der Waals surface area contributed by atoms with Crippen LogP contribution in [0.3, 0.4) is 0 Å². The predicted molar refractivity (Wildman–Crippen MR) is 125 cm³/mol. The average Bonchev–Trinajstić information content (AvgIpc) is 2.80. The molecule has 0 spiro atoms. The Morgan fingerprint density at radius 3 is 2.35 bits per heavy atom. The number of fused-ring (bicyclic) bond motifs is 1. The minimum Gasteiger partial charge on any atom is -0.396 e. The summed E-state index contributed by atoms with van der Waals surface area (Å²) >= 11 is 0. The summed E-state index contributed by atoms with van der Waals surface area (Å²) in [5, 5.41) is 9.30. The first kappa shape index (κ1) is 21.5. The van der Waals surface area contributed by atoms with E-state index in [4.69, 9.17) is 9.97 Å². The van der Waals surface area contributed by atoms with E-state index >= 15 is 0 Å². The fourth-order valence-electron chi connectivity index (χ4n) is 4.29. The van der Waals surface area contributed by atoms with E-state index in [1.807, 2.05) is 6.92 Å². The first-order valence-corrected chi connectivity index (χ1v) is 11.3. The SMILES string of the molecule is Cc1nc2c(c(N(CCCCO)Cc3ccccc3)n1)CN(Cc1ccccc1)CC2. The number of aliphatic hydroxyl groups is 1. The maximum absolute atomic E-state index is 9.30. The van der Waals surface area contributed by atoms with E-state index in [1.165, 1.54) is 22.4 Å². The molecule has 1 aliphatic heterocycles. The number of hydrogen-bond donors (Lipinski definition) is 1. The van der Waals surface area contributed by atoms with Gasteiger partial charge in [0.25, 0.3) is 0 Å². The van der Waals surface area contributed by atoms with Gasteiger partial charge in [-0.05, 0) is 30.9 Å². The van der Waals surface area contributed by atoms with Crippen molar-refractivity contribution in [3.63, 3.8) is 0 Å². The molecule has 2 heterocycles. The number of aliphatic hydroxyl groups excluding tert-OH is 1. The lowest BCUT2D eigenvalue weighted by Crippen LogP contribution is -2.34. The van der Waals surface area contributed by atoms with Crippen molar-refractivity contribution >= 4 is 5.82 Å². The van der Waals surface area contributed by atoms with Gasteiger partial charge in [-0.1, -0.05) is 60.7 Å². The Morgan fingerprint density at radius 2 is 1.65 bits per heavy atom. The second-order valence-electron chi connectivity index (χ2n) is 8.30. The molecule has 0 amide bonds. The van der Waals surface area contributed by atoms with Gasteiger partial charge in [0, 0.05) is 51.3 Å². The molecule has 3 aromatic rings. The van der Waals surface area contributed by atoms with E-state index in [-0.39, 0.29) is 6.61 Å². The molecule has 0 unspecified atom stereocenters. The first-order chi connectivity index (χ1) is 15.2. The fourth-order valence-corrected chi connectivity index (χ4v) is 4.29. The first-order valence-electron chi connectivity index (χ1n) is 11.3. The van der Waals surface area contributed by atoms with Crippen LogP contribution in [0.15, 0.2) is 60.7 Å². The quantitative estimate of drug-likeness (QED) is 0.532. The zero-order valence-corrected chi connectivity index (χ0v) is 18.4. The summed E-state index contributed by atoms with van der Waals surface area (Å²) in [5.74, 6) is 1.90. The third kappa shape index (κ3) is 5.69. The normalized spacial score (nSPS) is 13.7. The highest BCUT2D eigenvalue weighted by molar-refractivity contribution is 5.51. The topological polar surface area (TPSA) is 52.5 Å². The number of hydrogen-bond acceptors (Lipinski definition) is 5. The maximum atomic E-state index is 9.30. The zero-order valence-electron chi connectivity index (χ0n) is 18.4. The molecule has 0 atom stereocenters. The van der Waals surface area contributed by atoms with Crippen molar-refractivity contribution in [1.82, 2.24) is 14.9 Å². The van der Waals surface area contributed by atoms with Crippen molar-refractivity contribution < 1.29 is 5.11 Å². The Morgan fingerprint density at radius 1 is 0.935 bits per heavy atom. The molecule has 1 aliphatic rings. The van der Waals surface area contributed by atoms with E-state index in [0.717, 1.165) is 63.6 Å². The fraction of sp³-hybridized carbons (Fsp3) is 0.385. The molecular formula is C26H32N4O. The van der Waals surface area contributed by atoms with E-state index in [2.05, 4.69) is 70.5 Å². The Bertz CT molecular complexity index is 962. The Labute approximate surface area is 185 Å². The molecular weight excluding hydrogens is 384 g/mol. The molecule has 162 valence electrons. The van der Waals surface area contributed by atoms with Gasteiger partial charge in [-0.3, -0.25) is 4.90 Å². The van der Waals surface area contributed by atoms with Gasteiger partial charge in [-0.25, -0.2) is 9.97 Å². The van der Waals surface area contributed by atoms with E-state index in [0.29, 0.717) is 0 Å². The Balaban J connectivity index is 1.61. The molecule has 5 heteroatoms. The summed E-state index contributed by atoms with van der Waals surface area (Å²) in [6.07, 6.45) is 2.70. The van der Waals surface area contributed by atoms with Crippen molar-refractivity contribution in [2.45, 2.75) is 45.8 Å². The molecule has 4 rings (SSSR count). The smallest absolute Gasteiger partial charge is 0.137 e. The van der Waals surface area contributed by atoms with Gasteiger partial charge in [0.2, 0.25) is 0 Å². The molecule has 2 aromatic carbocycles. The van der Waals surface area contributed by atoms with Crippen molar-refractivity contribution in [1.29, 1.82) is 0 Å². The summed E-state index contributed by atoms with van der Waals surface area (Å²) in [6.45, 7) is 6.73. The van der Waals surface area contributed by atoms with Crippen LogP contribution in [0.5, 0.6) is 0 Å². The minimum absolute atomic E-state index is 0.227. The Kier molecular flexibility index (Phi) is 7.28. The average molecular weight is 417 g/mol. The predicted octanol–water partition coefficient (Wildman–Crippen LogP) is 4.12. The summed E-state index contributed by atoms with van der Waals surface area (Å²) in [6, 6.07) is 21.2. The molecule has 1 N–H and O–H groups in total. The molecule has 0 aliphatic carbocycles. The molecule has 1 aromatic heterocycles. The van der Waals surface area contributed by atoms with Crippen LogP contribution in [0, 0.1) is 6.92 Å². The standard InChI is InChI=1S/C26H32N4O/c1-21-27-25-14-16-29(18-22-10-4-2-5-11-22)20-24(25)26(28-21)30(15-8-9-17-31)19-23-12-6-3-7-13-23/h2-7,10-13,31H,8-9,14-20H2,1H3. The van der Waals surface area contributed by atoms with Gasteiger partial charge >= 0.3 is 0 Å². The molecule has 0 saturated heterocycles. The highest BCUT2D eigenvalue weighted by Crippen LogP contribution is 2.29. The van der Waals surface area contributed by atoms with Gasteiger partial charge in [0.1, 0.15) is 11.6 Å². The lowest BCUT2D eigenvalue weighted by Gasteiger charge is -2.33. The maximum Gasteiger partial charge on any atom is 0.137 e. The highest BCUT2D eigenvalue weighted by Gasteiger charge is 2.25. The molecule has 0 fully saturated rings. The minimum atomic E-state index is 0.227. The lowest BCUT2D eigenvalue weighted by atomic mass is 10.0. The van der Waals surface area contributed by atoms with Crippen molar-refractivity contribution in [2.24, 2.45) is 0 Å². The van der Waals surface area contributed by atoms with Crippen LogP contribution in [0.4, 0.5) is 5.82 Å². The number of benzene rings is 2. The number of aromatic nitrogens is 2. The summed E-state index contributed by atoms with van der Waals surface area (Å²) < 4.78 is 0. The van der Waals surface area contributed by atoms with Crippen LogP contribution in [-0.2, 0) is 26.1 Å². The van der Waals surface area contributed by atoms with E-state index in [9.17, 15) is 5.11 Å². The monoisotopic (exact) mass is 416 g/mol. The van der Waals surface area contributed by atoms with Crippen LogP contribution in [0.2, 0.25) is 0 Å². The number of aryl methyl sites for hydroxylation is 1. The highest BCUT2D eigenvalue weighted by atomic mass is 16.2. The second kappa shape index (κ2) is 10.5. The van der Waals surface area contributed by atoms with Crippen molar-refractivity contribution in [2.75, 3.05) is 24.6 Å². The molecule has 5 nitrogen and oxygen atoms in total. The van der Waals surface area contributed by atoms with Crippen molar-refractivity contribution in [3.05, 3.63) is 88.9 Å². The van der Waals surface area contributed by atoms with Gasteiger partial charge in [-0.2, -0.15) is 0 Å². The number of rotatable bonds is 9. The van der Waals surface area contributed by atoms with Crippen LogP contribution >= 0.6 is 0 Å². The summed E-state index contributed by atoms with van der Waals surface area (Å²) in [4.78, 5) is 14.6. The van der Waals surface area contributed by atoms with Gasteiger partial charge in [-0.15, -0.1) is 0 Å². The summed E-state index contributed by atoms with van der Waals surface area (Å²) in [7, 11) is 0. The molecule has 0 bridgehead atoms. The zero-order chi connectivity index (χ0) is 21.5. The van der Waals surface area contributed by atoms with Gasteiger partial charge in [0.15, 0.2) is 0 Å². The van der Waals surface area contributed by atoms with Crippen molar-refractivity contribution in [3.8, 4) is 0 Å². The van der Waals surface area contributed by atoms with Crippen LogP contribution in [0.1, 0.15) is 41.1 Å².